The van der Waals surface area contributed by atoms with Crippen LogP contribution in [0.15, 0.2) is 18.3 Å². The molecule has 0 saturated carbocycles. The normalized spacial score (nSPS) is 11.2. The quantitative estimate of drug-likeness (QED) is 0.583. The molecule has 0 bridgehead atoms. The number of rotatable bonds is 6. The summed E-state index contributed by atoms with van der Waals surface area (Å²) in [5.41, 5.74) is 6.19. The molecule has 0 radical (unpaired) electrons. The van der Waals surface area contributed by atoms with Crippen LogP contribution in [0.25, 0.3) is 0 Å². The summed E-state index contributed by atoms with van der Waals surface area (Å²) in [4.78, 5) is 14.0. The maximum Gasteiger partial charge on any atom is 0.386 e. The van der Waals surface area contributed by atoms with Gasteiger partial charge in [0.2, 0.25) is 0 Å². The van der Waals surface area contributed by atoms with Gasteiger partial charge in [0.15, 0.2) is 0 Å². The van der Waals surface area contributed by atoms with E-state index >= 15 is 0 Å². The minimum atomic E-state index is -0.502. The molecule has 94 valence electrons. The van der Waals surface area contributed by atoms with Crippen LogP contribution in [0.3, 0.4) is 0 Å². The molecule has 0 fully saturated rings. The van der Waals surface area contributed by atoms with Crippen LogP contribution in [-0.2, 0) is 0 Å². The molecule has 0 aliphatic carbocycles. The minimum Gasteiger partial charge on any atom is -0.376 e. The van der Waals surface area contributed by atoms with E-state index in [0.29, 0.717) is 12.2 Å². The first-order valence-electron chi connectivity index (χ1n) is 5.64. The maximum atomic E-state index is 10.8. The molecule has 0 unspecified atom stereocenters. The summed E-state index contributed by atoms with van der Waals surface area (Å²) in [6.07, 6.45) is 3.02. The molecule has 0 saturated heterocycles. The lowest BCUT2D eigenvalue weighted by molar-refractivity contribution is -0.388. The Morgan fingerprint density at radius 1 is 1.53 bits per heavy atom. The number of pyridine rings is 1. The number of nitrogens with two attached hydrogens (primary N) is 1. The number of aromatic nitrogens is 1. The zero-order valence-corrected chi connectivity index (χ0v) is 10.1. The third-order valence-corrected chi connectivity index (χ3v) is 3.00. The molecule has 0 atom stereocenters. The summed E-state index contributed by atoms with van der Waals surface area (Å²) in [6, 6.07) is 3.29. The number of nitrogens with zero attached hydrogens (tertiary/aromatic N) is 2. The van der Waals surface area contributed by atoms with E-state index in [0.717, 1.165) is 12.8 Å². The van der Waals surface area contributed by atoms with Crippen LogP contribution in [0, 0.1) is 10.1 Å². The van der Waals surface area contributed by atoms with Gasteiger partial charge in [-0.2, -0.15) is 0 Å². The first kappa shape index (κ1) is 13.4. The van der Waals surface area contributed by atoms with Gasteiger partial charge in [0, 0.05) is 12.1 Å². The van der Waals surface area contributed by atoms with E-state index in [4.69, 9.17) is 5.73 Å². The SMILES string of the molecule is CCC(N)(CC)CNc1cccnc1[N+](=O)[O-]. The van der Waals surface area contributed by atoms with Gasteiger partial charge in [-0.25, -0.2) is 0 Å². The van der Waals surface area contributed by atoms with E-state index in [-0.39, 0.29) is 11.4 Å². The Hall–Kier alpha value is -1.69. The highest BCUT2D eigenvalue weighted by atomic mass is 16.6. The van der Waals surface area contributed by atoms with Crippen molar-refractivity contribution in [2.24, 2.45) is 5.73 Å². The van der Waals surface area contributed by atoms with Gasteiger partial charge in [-0.15, -0.1) is 0 Å². The second-order valence-corrected chi connectivity index (χ2v) is 4.05. The van der Waals surface area contributed by atoms with E-state index in [1.54, 1.807) is 12.1 Å². The van der Waals surface area contributed by atoms with Gasteiger partial charge in [-0.05, 0) is 34.9 Å². The van der Waals surface area contributed by atoms with E-state index in [2.05, 4.69) is 10.3 Å². The number of hydrogen-bond acceptors (Lipinski definition) is 5. The number of nitro groups is 1. The molecule has 17 heavy (non-hydrogen) atoms. The van der Waals surface area contributed by atoms with Crippen molar-refractivity contribution >= 4 is 11.5 Å². The van der Waals surface area contributed by atoms with Crippen LogP contribution in [0.2, 0.25) is 0 Å². The van der Waals surface area contributed by atoms with Crippen molar-refractivity contribution in [2.75, 3.05) is 11.9 Å². The van der Waals surface area contributed by atoms with Gasteiger partial charge in [0.1, 0.15) is 11.9 Å². The largest absolute Gasteiger partial charge is 0.386 e. The van der Waals surface area contributed by atoms with Crippen molar-refractivity contribution in [1.29, 1.82) is 0 Å². The average Bonchev–Trinajstić information content (AvgIpc) is 2.36. The highest BCUT2D eigenvalue weighted by molar-refractivity contribution is 5.56. The first-order chi connectivity index (χ1) is 8.02. The van der Waals surface area contributed by atoms with Crippen LogP contribution < -0.4 is 11.1 Å². The van der Waals surface area contributed by atoms with Crippen molar-refractivity contribution in [3.8, 4) is 0 Å². The fourth-order valence-electron chi connectivity index (χ4n) is 1.45. The number of hydrogen-bond donors (Lipinski definition) is 2. The van der Waals surface area contributed by atoms with Crippen molar-refractivity contribution in [3.05, 3.63) is 28.4 Å². The van der Waals surface area contributed by atoms with E-state index in [9.17, 15) is 10.1 Å². The molecular formula is C11H18N4O2. The summed E-state index contributed by atoms with van der Waals surface area (Å²) < 4.78 is 0. The molecule has 0 spiro atoms. The molecule has 6 heteroatoms. The van der Waals surface area contributed by atoms with Crippen LogP contribution >= 0.6 is 0 Å². The summed E-state index contributed by atoms with van der Waals surface area (Å²) in [5, 5.41) is 13.8. The topological polar surface area (TPSA) is 94.1 Å². The van der Waals surface area contributed by atoms with Crippen molar-refractivity contribution < 1.29 is 4.92 Å². The number of nitrogens with one attached hydrogen (secondary N) is 1. The maximum absolute atomic E-state index is 10.8. The zero-order chi connectivity index (χ0) is 12.9. The highest BCUT2D eigenvalue weighted by Crippen LogP contribution is 2.21. The van der Waals surface area contributed by atoms with Crippen LogP contribution in [0.4, 0.5) is 11.5 Å². The lowest BCUT2D eigenvalue weighted by atomic mass is 9.94. The zero-order valence-electron chi connectivity index (χ0n) is 10.1. The lowest BCUT2D eigenvalue weighted by Gasteiger charge is -2.27. The van der Waals surface area contributed by atoms with Crippen LogP contribution in [0.1, 0.15) is 26.7 Å². The molecule has 1 aromatic rings. The predicted molar refractivity (Wildman–Crippen MR) is 66.9 cm³/mol. The Balaban J connectivity index is 2.79. The highest BCUT2D eigenvalue weighted by Gasteiger charge is 2.22. The average molecular weight is 238 g/mol. The van der Waals surface area contributed by atoms with E-state index in [1.165, 1.54) is 6.20 Å². The van der Waals surface area contributed by atoms with Crippen LogP contribution in [-0.4, -0.2) is 22.0 Å². The third kappa shape index (κ3) is 3.39. The Morgan fingerprint density at radius 3 is 2.71 bits per heavy atom. The molecule has 3 N–H and O–H groups in total. The van der Waals surface area contributed by atoms with Crippen molar-refractivity contribution in [1.82, 2.24) is 4.98 Å². The third-order valence-electron chi connectivity index (χ3n) is 3.00. The second-order valence-electron chi connectivity index (χ2n) is 4.05. The molecule has 0 aromatic carbocycles. The minimum absolute atomic E-state index is 0.165. The van der Waals surface area contributed by atoms with Gasteiger partial charge >= 0.3 is 5.82 Å². The summed E-state index contributed by atoms with van der Waals surface area (Å²) >= 11 is 0. The van der Waals surface area contributed by atoms with Gasteiger partial charge < -0.3 is 21.2 Å². The van der Waals surface area contributed by atoms with E-state index in [1.807, 2.05) is 13.8 Å². The first-order valence-corrected chi connectivity index (χ1v) is 5.64. The Bertz CT molecular complexity index is 391. The van der Waals surface area contributed by atoms with Crippen molar-refractivity contribution in [3.63, 3.8) is 0 Å². The molecule has 1 heterocycles. The molecule has 1 aromatic heterocycles. The Morgan fingerprint density at radius 2 is 2.18 bits per heavy atom. The fourth-order valence-corrected chi connectivity index (χ4v) is 1.45. The standard InChI is InChI=1S/C11H18N4O2/c1-3-11(12,4-2)8-14-9-6-5-7-13-10(9)15(16)17/h5-7,14H,3-4,8,12H2,1-2H3. The summed E-state index contributed by atoms with van der Waals surface area (Å²) in [6.45, 7) is 4.50. The molecule has 1 rings (SSSR count). The van der Waals surface area contributed by atoms with E-state index < -0.39 is 4.92 Å². The predicted octanol–water partition coefficient (Wildman–Crippen LogP) is 1.92. The molecule has 0 aliphatic heterocycles. The molecular weight excluding hydrogens is 220 g/mol. The monoisotopic (exact) mass is 238 g/mol. The second kappa shape index (κ2) is 5.58. The summed E-state index contributed by atoms with van der Waals surface area (Å²) in [7, 11) is 0. The molecule has 0 aliphatic rings. The van der Waals surface area contributed by atoms with Crippen LogP contribution in [0.5, 0.6) is 0 Å². The fraction of sp³-hybridized carbons (Fsp3) is 0.545. The van der Waals surface area contributed by atoms with Gasteiger partial charge in [-0.1, -0.05) is 13.8 Å². The lowest BCUT2D eigenvalue weighted by Crippen LogP contribution is -2.45. The van der Waals surface area contributed by atoms with Gasteiger partial charge in [0.25, 0.3) is 0 Å². The number of anilines is 1. The molecule has 6 nitrogen and oxygen atoms in total. The summed E-state index contributed by atoms with van der Waals surface area (Å²) in [5.74, 6) is -0.165. The van der Waals surface area contributed by atoms with Crippen molar-refractivity contribution in [2.45, 2.75) is 32.2 Å². The Labute approximate surface area is 100 Å². The van der Waals surface area contributed by atoms with Gasteiger partial charge in [-0.3, -0.25) is 0 Å². The Kier molecular flexibility index (Phi) is 4.39. The smallest absolute Gasteiger partial charge is 0.376 e. The van der Waals surface area contributed by atoms with Gasteiger partial charge in [0.05, 0.1) is 0 Å². The molecule has 0 amide bonds.